The van der Waals surface area contributed by atoms with Gasteiger partial charge in [0.05, 0.1) is 12.1 Å². The van der Waals surface area contributed by atoms with Gasteiger partial charge in [-0.15, -0.1) is 0 Å². The van der Waals surface area contributed by atoms with Gasteiger partial charge in [-0.25, -0.2) is 15.0 Å². The van der Waals surface area contributed by atoms with E-state index in [1.807, 2.05) is 24.3 Å². The third-order valence-electron chi connectivity index (χ3n) is 8.20. The monoisotopic (exact) mass is 668 g/mol. The molecule has 13 heteroatoms. The van der Waals surface area contributed by atoms with Gasteiger partial charge in [-0.05, 0) is 66.6 Å². The normalized spacial score (nSPS) is 14.7. The number of rotatable bonds is 8. The van der Waals surface area contributed by atoms with Crippen LogP contribution >= 0.6 is 11.6 Å². The number of nitrogens with one attached hydrogen (secondary N) is 3. The summed E-state index contributed by atoms with van der Waals surface area (Å²) < 4.78 is 43.3. The van der Waals surface area contributed by atoms with Crippen LogP contribution < -0.4 is 21.5 Å². The van der Waals surface area contributed by atoms with Gasteiger partial charge in [0.2, 0.25) is 5.95 Å². The summed E-state index contributed by atoms with van der Waals surface area (Å²) in [4.78, 5) is 31.4. The molecular weight excluding hydrogens is 641 g/mol. The molecule has 1 aliphatic rings. The first-order valence-corrected chi connectivity index (χ1v) is 15.6. The maximum atomic E-state index is 14.2. The molecule has 4 heterocycles. The van der Waals surface area contributed by atoms with Crippen molar-refractivity contribution in [2.45, 2.75) is 25.2 Å². The third-order valence-corrected chi connectivity index (χ3v) is 8.52. The first-order valence-electron chi connectivity index (χ1n) is 15.2. The summed E-state index contributed by atoms with van der Waals surface area (Å²) in [7, 11) is 0. The lowest BCUT2D eigenvalue weighted by atomic mass is 10.0. The number of nitrogens with zero attached hydrogens (tertiary/aromatic N) is 5. The van der Waals surface area contributed by atoms with Crippen molar-refractivity contribution >= 4 is 40.0 Å². The predicted molar refractivity (Wildman–Crippen MR) is 180 cm³/mol. The molecule has 3 aromatic heterocycles. The molecule has 3 aromatic carbocycles. The van der Waals surface area contributed by atoms with Crippen molar-refractivity contribution < 1.29 is 13.2 Å². The Balaban J connectivity index is 1.29. The minimum absolute atomic E-state index is 0.0789. The molecule has 1 atom stereocenters. The van der Waals surface area contributed by atoms with E-state index in [-0.39, 0.29) is 34.3 Å². The zero-order chi connectivity index (χ0) is 33.3. The van der Waals surface area contributed by atoms with Crippen LogP contribution in [0.1, 0.15) is 17.5 Å². The van der Waals surface area contributed by atoms with E-state index in [1.165, 1.54) is 35.3 Å². The number of hydrogen-bond donors (Lipinski definition) is 3. The highest BCUT2D eigenvalue weighted by Crippen LogP contribution is 2.34. The molecule has 1 aliphatic heterocycles. The van der Waals surface area contributed by atoms with Crippen molar-refractivity contribution in [1.82, 2.24) is 29.8 Å². The van der Waals surface area contributed by atoms with Crippen molar-refractivity contribution in [2.75, 3.05) is 23.7 Å². The van der Waals surface area contributed by atoms with Gasteiger partial charge in [0.25, 0.3) is 5.56 Å². The maximum Gasteiger partial charge on any atom is 0.416 e. The van der Waals surface area contributed by atoms with Crippen LogP contribution in [0.2, 0.25) is 5.02 Å². The summed E-state index contributed by atoms with van der Waals surface area (Å²) >= 11 is 6.72. The van der Waals surface area contributed by atoms with Crippen LogP contribution in [-0.2, 0) is 12.7 Å². The van der Waals surface area contributed by atoms with Crippen molar-refractivity contribution in [1.29, 1.82) is 0 Å². The molecular formula is C35H28ClF3N8O. The smallest absolute Gasteiger partial charge is 0.381 e. The zero-order valence-corrected chi connectivity index (χ0v) is 26.1. The van der Waals surface area contributed by atoms with Gasteiger partial charge in [-0.3, -0.25) is 9.36 Å². The predicted octanol–water partition coefficient (Wildman–Crippen LogP) is 7.15. The van der Waals surface area contributed by atoms with Crippen LogP contribution in [0.5, 0.6) is 0 Å². The molecule has 9 nitrogen and oxygen atoms in total. The largest absolute Gasteiger partial charge is 0.416 e. The lowest BCUT2D eigenvalue weighted by Gasteiger charge is -2.17. The molecule has 0 aliphatic carbocycles. The third kappa shape index (κ3) is 6.57. The quantitative estimate of drug-likeness (QED) is 0.157. The fourth-order valence-electron chi connectivity index (χ4n) is 5.82. The van der Waals surface area contributed by atoms with Crippen LogP contribution in [0.3, 0.4) is 0 Å². The standard InChI is InChI=1S/C35H28ClF3N8O/c36-31-14-21(24-15-41-20-42-16-24)5-10-28(31)29-13-23-17-43-34(45-26-8-6-25(7-9-26)44-27-11-12-40-18-27)46-32(23)47(33(29)48)19-22-3-1-2-4-30(22)35(37,38)39/h1-10,13-17,20,27,40,44H,11-12,18-19H2,(H,43,45,46). The van der Waals surface area contributed by atoms with Crippen LogP contribution in [-0.4, -0.2) is 43.6 Å². The van der Waals surface area contributed by atoms with Gasteiger partial charge in [0, 0.05) is 69.7 Å². The molecule has 0 amide bonds. The Hall–Kier alpha value is -5.33. The molecule has 48 heavy (non-hydrogen) atoms. The molecule has 3 N–H and O–H groups in total. The van der Waals surface area contributed by atoms with E-state index in [1.54, 1.807) is 36.7 Å². The number of alkyl halides is 3. The number of fused-ring (bicyclic) bond motifs is 1. The Morgan fingerprint density at radius 1 is 0.917 bits per heavy atom. The molecule has 1 saturated heterocycles. The lowest BCUT2D eigenvalue weighted by molar-refractivity contribution is -0.138. The fourth-order valence-corrected chi connectivity index (χ4v) is 6.10. The summed E-state index contributed by atoms with van der Waals surface area (Å²) in [5.41, 5.74) is 2.44. The van der Waals surface area contributed by atoms with Gasteiger partial charge in [0.1, 0.15) is 12.0 Å². The minimum Gasteiger partial charge on any atom is -0.381 e. The number of pyridine rings is 1. The molecule has 6 aromatic rings. The van der Waals surface area contributed by atoms with E-state index in [0.717, 1.165) is 42.4 Å². The maximum absolute atomic E-state index is 14.2. The van der Waals surface area contributed by atoms with Crippen molar-refractivity contribution in [3.8, 4) is 22.3 Å². The number of benzene rings is 3. The fraction of sp³-hybridized carbons (Fsp3) is 0.171. The highest BCUT2D eigenvalue weighted by atomic mass is 35.5. The van der Waals surface area contributed by atoms with Crippen LogP contribution in [0.25, 0.3) is 33.3 Å². The summed E-state index contributed by atoms with van der Waals surface area (Å²) in [6, 6.07) is 20.0. The first kappa shape index (κ1) is 31.3. The van der Waals surface area contributed by atoms with E-state index < -0.39 is 17.3 Å². The topological polar surface area (TPSA) is 110 Å². The van der Waals surface area contributed by atoms with Crippen molar-refractivity contribution in [2.24, 2.45) is 0 Å². The van der Waals surface area contributed by atoms with Crippen LogP contribution in [0.4, 0.5) is 30.5 Å². The second-order valence-electron chi connectivity index (χ2n) is 11.4. The van der Waals surface area contributed by atoms with Crippen LogP contribution in [0, 0.1) is 0 Å². The van der Waals surface area contributed by atoms with E-state index in [2.05, 4.69) is 35.9 Å². The molecule has 0 bridgehead atoms. The van der Waals surface area contributed by atoms with Crippen molar-refractivity contribution in [3.05, 3.63) is 124 Å². The molecule has 242 valence electrons. The van der Waals surface area contributed by atoms with Crippen LogP contribution in [0.15, 0.2) is 103 Å². The molecule has 0 radical (unpaired) electrons. The SMILES string of the molecule is O=c1c(-c2ccc(-c3cncnc3)cc2Cl)cc2cnc(Nc3ccc(NC4CCNC4)cc3)nc2n1Cc1ccccc1C(F)(F)F. The Bertz CT molecular complexity index is 2150. The van der Waals surface area contributed by atoms with Crippen molar-refractivity contribution in [3.63, 3.8) is 0 Å². The Labute approximate surface area is 277 Å². The number of hydrogen-bond acceptors (Lipinski definition) is 8. The van der Waals surface area contributed by atoms with Gasteiger partial charge in [0.15, 0.2) is 0 Å². The second-order valence-corrected chi connectivity index (χ2v) is 11.8. The first-order chi connectivity index (χ1) is 23.2. The number of halogens is 4. The average molecular weight is 669 g/mol. The van der Waals surface area contributed by atoms with E-state index >= 15 is 0 Å². The Morgan fingerprint density at radius 2 is 1.69 bits per heavy atom. The zero-order valence-electron chi connectivity index (χ0n) is 25.3. The van der Waals surface area contributed by atoms with Gasteiger partial charge in [-0.1, -0.05) is 41.9 Å². The van der Waals surface area contributed by atoms with E-state index in [0.29, 0.717) is 22.7 Å². The van der Waals surface area contributed by atoms with E-state index in [4.69, 9.17) is 11.6 Å². The molecule has 0 saturated carbocycles. The van der Waals surface area contributed by atoms with E-state index in [9.17, 15) is 18.0 Å². The minimum atomic E-state index is -4.62. The second kappa shape index (κ2) is 13.1. The number of anilines is 3. The molecule has 1 unspecified atom stereocenters. The molecule has 0 spiro atoms. The lowest BCUT2D eigenvalue weighted by Crippen LogP contribution is -2.25. The summed E-state index contributed by atoms with van der Waals surface area (Å²) in [6.45, 7) is 1.50. The Morgan fingerprint density at radius 3 is 2.42 bits per heavy atom. The molecule has 7 rings (SSSR count). The number of aromatic nitrogens is 5. The van der Waals surface area contributed by atoms with Gasteiger partial charge < -0.3 is 16.0 Å². The van der Waals surface area contributed by atoms with Gasteiger partial charge in [-0.2, -0.15) is 18.2 Å². The highest BCUT2D eigenvalue weighted by molar-refractivity contribution is 6.33. The summed E-state index contributed by atoms with van der Waals surface area (Å²) in [5, 5.41) is 10.7. The summed E-state index contributed by atoms with van der Waals surface area (Å²) in [5.74, 6) is 0.181. The average Bonchev–Trinajstić information content (AvgIpc) is 3.60. The molecule has 1 fully saturated rings. The highest BCUT2D eigenvalue weighted by Gasteiger charge is 2.33. The van der Waals surface area contributed by atoms with Gasteiger partial charge >= 0.3 is 6.18 Å². The summed E-state index contributed by atoms with van der Waals surface area (Å²) in [6.07, 6.45) is 2.66. The Kier molecular flexibility index (Phi) is 8.50.